The second-order valence-corrected chi connectivity index (χ2v) is 6.69. The second-order valence-electron chi connectivity index (χ2n) is 6.69. The molecule has 0 saturated carbocycles. The van der Waals surface area contributed by atoms with Crippen molar-refractivity contribution in [3.8, 4) is 0 Å². The Morgan fingerprint density at radius 1 is 1.47 bits per heavy atom. The van der Waals surface area contributed by atoms with Crippen LogP contribution in [0, 0.1) is 0 Å². The lowest BCUT2D eigenvalue weighted by Crippen LogP contribution is -2.53. The van der Waals surface area contributed by atoms with Crippen molar-refractivity contribution in [1.29, 1.82) is 0 Å². The van der Waals surface area contributed by atoms with Gasteiger partial charge in [-0.25, -0.2) is 0 Å². The molecule has 0 aromatic carbocycles. The van der Waals surface area contributed by atoms with Gasteiger partial charge in [-0.05, 0) is 53.4 Å². The van der Waals surface area contributed by atoms with Gasteiger partial charge in [0.2, 0.25) is 0 Å². The van der Waals surface area contributed by atoms with Crippen molar-refractivity contribution < 1.29 is 20.1 Å². The third kappa shape index (κ3) is 4.02. The van der Waals surface area contributed by atoms with Gasteiger partial charge < -0.3 is 20.1 Å². The number of ether oxygens (including phenoxy) is 1. The molecule has 1 aliphatic heterocycles. The first-order valence-corrected chi connectivity index (χ1v) is 6.95. The molecule has 1 fully saturated rings. The van der Waals surface area contributed by atoms with Gasteiger partial charge in [-0.2, -0.15) is 0 Å². The van der Waals surface area contributed by atoms with E-state index in [0.29, 0.717) is 19.3 Å². The molecule has 1 heterocycles. The topological polar surface area (TPSA) is 69.9 Å². The maximum absolute atomic E-state index is 10.2. The Morgan fingerprint density at radius 3 is 2.53 bits per heavy atom. The highest BCUT2D eigenvalue weighted by Gasteiger charge is 2.45. The van der Waals surface area contributed by atoms with Crippen LogP contribution in [0.1, 0.15) is 53.4 Å². The van der Waals surface area contributed by atoms with Crippen molar-refractivity contribution in [2.45, 2.75) is 82.4 Å². The summed E-state index contributed by atoms with van der Waals surface area (Å²) in [4.78, 5) is 0. The molecule has 0 aromatic rings. The Balaban J connectivity index is 2.70. The predicted molar refractivity (Wildman–Crippen MR) is 74.9 cm³/mol. The maximum Gasteiger partial charge on any atom is 0.0924 e. The summed E-state index contributed by atoms with van der Waals surface area (Å²) in [5, 5.41) is 29.8. The van der Waals surface area contributed by atoms with E-state index in [0.717, 1.165) is 6.42 Å². The van der Waals surface area contributed by atoms with Crippen LogP contribution in [0.5, 0.6) is 0 Å². The normalized spacial score (nSPS) is 37.9. The molecule has 1 saturated heterocycles. The van der Waals surface area contributed by atoms with Crippen molar-refractivity contribution in [2.75, 3.05) is 0 Å². The van der Waals surface area contributed by atoms with Crippen LogP contribution in [0.3, 0.4) is 0 Å². The monoisotopic (exact) mass is 272 g/mol. The molecular weight excluding hydrogens is 244 g/mol. The molecule has 0 bridgehead atoms. The van der Waals surface area contributed by atoms with Gasteiger partial charge in [-0.3, -0.25) is 0 Å². The Hall–Kier alpha value is -0.420. The zero-order valence-electron chi connectivity index (χ0n) is 12.5. The molecule has 0 radical (unpaired) electrons. The number of hydrogen-bond donors (Lipinski definition) is 3. The highest BCUT2D eigenvalue weighted by atomic mass is 16.5. The van der Waals surface area contributed by atoms with Crippen LogP contribution in [0.4, 0.5) is 0 Å². The number of rotatable bonds is 5. The molecule has 0 amide bonds. The molecule has 4 atom stereocenters. The Bertz CT molecular complexity index is 323. The summed E-state index contributed by atoms with van der Waals surface area (Å²) in [5.74, 6) is 0. The average Bonchev–Trinajstić information content (AvgIpc) is 2.30. The van der Waals surface area contributed by atoms with Crippen LogP contribution in [-0.4, -0.2) is 44.3 Å². The van der Waals surface area contributed by atoms with Gasteiger partial charge >= 0.3 is 0 Å². The van der Waals surface area contributed by atoms with Crippen LogP contribution in [0.2, 0.25) is 0 Å². The van der Waals surface area contributed by atoms with Crippen molar-refractivity contribution >= 4 is 0 Å². The van der Waals surface area contributed by atoms with E-state index in [9.17, 15) is 15.3 Å². The number of aliphatic hydroxyl groups excluding tert-OH is 2. The van der Waals surface area contributed by atoms with Crippen molar-refractivity contribution in [1.82, 2.24) is 0 Å². The zero-order chi connectivity index (χ0) is 14.9. The van der Waals surface area contributed by atoms with Crippen molar-refractivity contribution in [3.05, 3.63) is 12.7 Å². The summed E-state index contributed by atoms with van der Waals surface area (Å²) in [6, 6.07) is 0. The smallest absolute Gasteiger partial charge is 0.0924 e. The predicted octanol–water partition coefficient (Wildman–Crippen LogP) is 1.77. The Morgan fingerprint density at radius 2 is 2.05 bits per heavy atom. The maximum atomic E-state index is 10.2. The largest absolute Gasteiger partial charge is 0.390 e. The van der Waals surface area contributed by atoms with E-state index in [4.69, 9.17) is 4.74 Å². The molecule has 4 nitrogen and oxygen atoms in total. The second kappa shape index (κ2) is 5.52. The molecule has 1 aliphatic rings. The van der Waals surface area contributed by atoms with Crippen LogP contribution >= 0.6 is 0 Å². The first-order chi connectivity index (χ1) is 8.52. The van der Waals surface area contributed by atoms with E-state index in [1.165, 1.54) is 0 Å². The molecular formula is C15H28O4. The van der Waals surface area contributed by atoms with E-state index in [1.807, 2.05) is 13.8 Å². The van der Waals surface area contributed by atoms with E-state index in [-0.39, 0.29) is 0 Å². The minimum absolute atomic E-state index is 0.379. The molecule has 4 heteroatoms. The van der Waals surface area contributed by atoms with Gasteiger partial charge in [0.15, 0.2) is 0 Å². The van der Waals surface area contributed by atoms with Crippen molar-refractivity contribution in [2.24, 2.45) is 0 Å². The lowest BCUT2D eigenvalue weighted by Gasteiger charge is -2.47. The SMILES string of the molecule is C=CC1(C)CCC(O)C(C)(CCC(O)C(C)(C)O)O1. The molecule has 4 unspecified atom stereocenters. The van der Waals surface area contributed by atoms with E-state index in [1.54, 1.807) is 19.9 Å². The lowest BCUT2D eigenvalue weighted by atomic mass is 9.80. The quantitative estimate of drug-likeness (QED) is 0.667. The Labute approximate surface area is 116 Å². The molecule has 0 aromatic heterocycles. The van der Waals surface area contributed by atoms with Crippen LogP contribution in [0.25, 0.3) is 0 Å². The van der Waals surface area contributed by atoms with Gasteiger partial charge in [0.1, 0.15) is 0 Å². The van der Waals surface area contributed by atoms with E-state index < -0.39 is 29.0 Å². The van der Waals surface area contributed by atoms with Gasteiger partial charge in [-0.15, -0.1) is 6.58 Å². The summed E-state index contributed by atoms with van der Waals surface area (Å²) < 4.78 is 6.03. The molecule has 1 rings (SSSR count). The molecule has 3 N–H and O–H groups in total. The summed E-state index contributed by atoms with van der Waals surface area (Å²) in [6.45, 7) is 10.7. The van der Waals surface area contributed by atoms with Crippen LogP contribution in [-0.2, 0) is 4.74 Å². The third-order valence-electron chi connectivity index (χ3n) is 4.25. The van der Waals surface area contributed by atoms with Crippen LogP contribution in [0.15, 0.2) is 12.7 Å². The minimum atomic E-state index is -1.14. The Kier molecular flexibility index (Phi) is 4.84. The summed E-state index contributed by atoms with van der Waals surface area (Å²) in [5.41, 5.74) is -2.29. The molecule has 0 spiro atoms. The van der Waals surface area contributed by atoms with Gasteiger partial charge in [0, 0.05) is 0 Å². The minimum Gasteiger partial charge on any atom is -0.390 e. The van der Waals surface area contributed by atoms with Gasteiger partial charge in [-0.1, -0.05) is 6.08 Å². The third-order valence-corrected chi connectivity index (χ3v) is 4.25. The first-order valence-electron chi connectivity index (χ1n) is 6.95. The highest BCUT2D eigenvalue weighted by molar-refractivity contribution is 5.03. The molecule has 0 aliphatic carbocycles. The van der Waals surface area contributed by atoms with Gasteiger partial charge in [0.25, 0.3) is 0 Å². The fourth-order valence-corrected chi connectivity index (χ4v) is 2.52. The van der Waals surface area contributed by atoms with Crippen molar-refractivity contribution in [3.63, 3.8) is 0 Å². The lowest BCUT2D eigenvalue weighted by molar-refractivity contribution is -0.211. The fourth-order valence-electron chi connectivity index (χ4n) is 2.52. The zero-order valence-corrected chi connectivity index (χ0v) is 12.5. The first kappa shape index (κ1) is 16.6. The number of hydrogen-bond acceptors (Lipinski definition) is 4. The number of aliphatic hydroxyl groups is 3. The fraction of sp³-hybridized carbons (Fsp3) is 0.867. The van der Waals surface area contributed by atoms with Gasteiger partial charge in [0.05, 0.1) is 29.0 Å². The van der Waals surface area contributed by atoms with E-state index in [2.05, 4.69) is 6.58 Å². The summed E-state index contributed by atoms with van der Waals surface area (Å²) in [7, 11) is 0. The standard InChI is InChI=1S/C15H28O4/c1-6-14(4)9-7-12(17)15(5,19-14)10-8-11(16)13(2,3)18/h6,11-12,16-18H,1,7-10H2,2-5H3. The highest BCUT2D eigenvalue weighted by Crippen LogP contribution is 2.39. The average molecular weight is 272 g/mol. The molecule has 19 heavy (non-hydrogen) atoms. The van der Waals surface area contributed by atoms with Crippen LogP contribution < -0.4 is 0 Å². The van der Waals surface area contributed by atoms with E-state index >= 15 is 0 Å². The summed E-state index contributed by atoms with van der Waals surface area (Å²) >= 11 is 0. The summed E-state index contributed by atoms with van der Waals surface area (Å²) in [6.07, 6.45) is 2.63. The molecule has 112 valence electrons.